The van der Waals surface area contributed by atoms with E-state index >= 15 is 0 Å². The lowest BCUT2D eigenvalue weighted by molar-refractivity contribution is -0.114. The van der Waals surface area contributed by atoms with Crippen LogP contribution in [-0.2, 0) is 4.79 Å². The number of aryl methyl sites for hydroxylation is 1. The Balaban J connectivity index is 1.98. The summed E-state index contributed by atoms with van der Waals surface area (Å²) < 4.78 is 0. The molecule has 0 aliphatic rings. The molecule has 0 aliphatic carbocycles. The summed E-state index contributed by atoms with van der Waals surface area (Å²) in [6.45, 7) is 3.30. The van der Waals surface area contributed by atoms with Crippen molar-refractivity contribution in [3.63, 3.8) is 0 Å². The van der Waals surface area contributed by atoms with Gasteiger partial charge in [0.1, 0.15) is 0 Å². The topological polar surface area (TPSA) is 70.2 Å². The first kappa shape index (κ1) is 15.9. The first-order chi connectivity index (χ1) is 10.4. The first-order valence-electron chi connectivity index (χ1n) is 6.66. The molecule has 0 heterocycles. The molecule has 3 amide bonds. The van der Waals surface area contributed by atoms with Crippen molar-refractivity contribution in [1.82, 2.24) is 0 Å². The van der Waals surface area contributed by atoms with Gasteiger partial charge in [-0.15, -0.1) is 0 Å². The summed E-state index contributed by atoms with van der Waals surface area (Å²) >= 11 is 5.88. The van der Waals surface area contributed by atoms with Crippen molar-refractivity contribution in [2.45, 2.75) is 13.8 Å². The molecule has 2 rings (SSSR count). The number of rotatable bonds is 3. The number of hydrogen-bond acceptors (Lipinski definition) is 2. The molecule has 0 aliphatic heterocycles. The third-order valence-corrected chi connectivity index (χ3v) is 3.13. The lowest BCUT2D eigenvalue weighted by Crippen LogP contribution is -2.19. The standard InChI is InChI=1S/C16H16ClN3O2/c1-10-9-12(17)3-8-15(10)20-16(22)19-14-6-4-13(5-7-14)18-11(2)21/h3-9H,1-2H3,(H,18,21)(H2,19,20,22). The average molecular weight is 318 g/mol. The van der Waals surface area contributed by atoms with Gasteiger partial charge in [0.05, 0.1) is 0 Å². The van der Waals surface area contributed by atoms with E-state index in [9.17, 15) is 9.59 Å². The quantitative estimate of drug-likeness (QED) is 0.792. The van der Waals surface area contributed by atoms with Crippen molar-refractivity contribution in [3.05, 3.63) is 53.1 Å². The molecule has 2 aromatic carbocycles. The first-order valence-corrected chi connectivity index (χ1v) is 7.03. The molecule has 5 nitrogen and oxygen atoms in total. The molecule has 0 bridgehead atoms. The summed E-state index contributed by atoms with van der Waals surface area (Å²) in [5.74, 6) is -0.142. The Bertz CT molecular complexity index is 699. The molecule has 3 N–H and O–H groups in total. The van der Waals surface area contributed by atoms with Crippen molar-refractivity contribution in [2.24, 2.45) is 0 Å². The minimum absolute atomic E-state index is 0.142. The molecule has 0 aromatic heterocycles. The fourth-order valence-electron chi connectivity index (χ4n) is 1.89. The number of amides is 3. The maximum atomic E-state index is 12.0. The van der Waals surface area contributed by atoms with Crippen molar-refractivity contribution in [2.75, 3.05) is 16.0 Å². The minimum atomic E-state index is -0.349. The number of nitrogens with one attached hydrogen (secondary N) is 3. The van der Waals surface area contributed by atoms with Gasteiger partial charge in [0, 0.05) is 29.0 Å². The van der Waals surface area contributed by atoms with Crippen molar-refractivity contribution in [3.8, 4) is 0 Å². The normalized spacial score (nSPS) is 9.95. The van der Waals surface area contributed by atoms with Crippen LogP contribution in [0.15, 0.2) is 42.5 Å². The number of halogens is 1. The van der Waals surface area contributed by atoms with Gasteiger partial charge in [-0.3, -0.25) is 4.79 Å². The second-order valence-corrected chi connectivity index (χ2v) is 5.23. The average Bonchev–Trinajstić information content (AvgIpc) is 2.43. The van der Waals surface area contributed by atoms with Gasteiger partial charge in [-0.25, -0.2) is 4.79 Å². The highest BCUT2D eigenvalue weighted by Gasteiger charge is 2.05. The smallest absolute Gasteiger partial charge is 0.323 e. The summed E-state index contributed by atoms with van der Waals surface area (Å²) in [5, 5.41) is 8.75. The van der Waals surface area contributed by atoms with Crippen LogP contribution < -0.4 is 16.0 Å². The predicted octanol–water partition coefficient (Wildman–Crippen LogP) is 4.25. The number of anilines is 3. The van der Waals surface area contributed by atoms with Gasteiger partial charge in [-0.05, 0) is 55.0 Å². The second-order valence-electron chi connectivity index (χ2n) is 4.80. The number of hydrogen-bond donors (Lipinski definition) is 3. The number of benzene rings is 2. The highest BCUT2D eigenvalue weighted by molar-refractivity contribution is 6.30. The van der Waals surface area contributed by atoms with E-state index in [1.807, 2.05) is 6.92 Å². The Morgan fingerprint density at radius 2 is 1.50 bits per heavy atom. The van der Waals surface area contributed by atoms with Crippen molar-refractivity contribution in [1.29, 1.82) is 0 Å². The number of carbonyl (C=O) groups is 2. The Morgan fingerprint density at radius 1 is 0.909 bits per heavy atom. The molecule has 0 spiro atoms. The number of urea groups is 1. The fraction of sp³-hybridized carbons (Fsp3) is 0.125. The zero-order valence-electron chi connectivity index (χ0n) is 12.2. The number of carbonyl (C=O) groups excluding carboxylic acids is 2. The summed E-state index contributed by atoms with van der Waals surface area (Å²) in [6, 6.07) is 11.7. The van der Waals surface area contributed by atoms with Crippen LogP contribution in [0, 0.1) is 6.92 Å². The van der Waals surface area contributed by atoms with E-state index in [0.717, 1.165) is 5.56 Å². The van der Waals surface area contributed by atoms with Gasteiger partial charge >= 0.3 is 6.03 Å². The van der Waals surface area contributed by atoms with E-state index < -0.39 is 0 Å². The van der Waals surface area contributed by atoms with E-state index in [0.29, 0.717) is 22.1 Å². The predicted molar refractivity (Wildman–Crippen MR) is 89.6 cm³/mol. The van der Waals surface area contributed by atoms with Crippen LogP contribution in [0.4, 0.5) is 21.9 Å². The Labute approximate surface area is 133 Å². The molecule has 0 atom stereocenters. The molecule has 0 radical (unpaired) electrons. The van der Waals surface area contributed by atoms with E-state index in [1.165, 1.54) is 6.92 Å². The van der Waals surface area contributed by atoms with Crippen molar-refractivity contribution < 1.29 is 9.59 Å². The van der Waals surface area contributed by atoms with Gasteiger partial charge in [0.25, 0.3) is 0 Å². The molecular formula is C16H16ClN3O2. The summed E-state index contributed by atoms with van der Waals surface area (Å²) in [7, 11) is 0. The maximum Gasteiger partial charge on any atom is 0.323 e. The third kappa shape index (κ3) is 4.49. The van der Waals surface area contributed by atoms with Gasteiger partial charge in [0.2, 0.25) is 5.91 Å². The Morgan fingerprint density at radius 3 is 2.05 bits per heavy atom. The van der Waals surface area contributed by atoms with Gasteiger partial charge in [-0.2, -0.15) is 0 Å². The van der Waals surface area contributed by atoms with Crippen LogP contribution in [0.3, 0.4) is 0 Å². The van der Waals surface area contributed by atoms with Crippen molar-refractivity contribution >= 4 is 40.6 Å². The van der Waals surface area contributed by atoms with Gasteiger partial charge in [0.15, 0.2) is 0 Å². The Kier molecular flexibility index (Phi) is 5.01. The van der Waals surface area contributed by atoms with Crippen LogP contribution in [0.1, 0.15) is 12.5 Å². The van der Waals surface area contributed by atoms with Crippen LogP contribution >= 0.6 is 11.6 Å². The lowest BCUT2D eigenvalue weighted by atomic mass is 10.2. The molecular weight excluding hydrogens is 302 g/mol. The molecule has 0 saturated heterocycles. The molecule has 0 saturated carbocycles. The lowest BCUT2D eigenvalue weighted by Gasteiger charge is -2.10. The SMILES string of the molecule is CC(=O)Nc1ccc(NC(=O)Nc2ccc(Cl)cc2C)cc1. The minimum Gasteiger partial charge on any atom is -0.326 e. The maximum absolute atomic E-state index is 12.0. The van der Waals surface area contributed by atoms with E-state index in [-0.39, 0.29) is 11.9 Å². The van der Waals surface area contributed by atoms with Crippen LogP contribution in [0.2, 0.25) is 5.02 Å². The molecule has 0 unspecified atom stereocenters. The van der Waals surface area contributed by atoms with Crippen LogP contribution in [0.5, 0.6) is 0 Å². The van der Waals surface area contributed by atoms with E-state index in [2.05, 4.69) is 16.0 Å². The third-order valence-electron chi connectivity index (χ3n) is 2.90. The summed E-state index contributed by atoms with van der Waals surface area (Å²) in [5.41, 5.74) is 2.87. The zero-order valence-corrected chi connectivity index (χ0v) is 13.0. The molecule has 22 heavy (non-hydrogen) atoms. The second kappa shape index (κ2) is 6.95. The molecule has 0 fully saturated rings. The molecule has 2 aromatic rings. The monoisotopic (exact) mass is 317 g/mol. The van der Waals surface area contributed by atoms with Gasteiger partial charge in [-0.1, -0.05) is 11.6 Å². The van der Waals surface area contributed by atoms with E-state index in [4.69, 9.17) is 11.6 Å². The highest BCUT2D eigenvalue weighted by atomic mass is 35.5. The zero-order chi connectivity index (χ0) is 16.1. The Hall–Kier alpha value is -2.53. The molecule has 6 heteroatoms. The van der Waals surface area contributed by atoms with Gasteiger partial charge < -0.3 is 16.0 Å². The van der Waals surface area contributed by atoms with Crippen LogP contribution in [-0.4, -0.2) is 11.9 Å². The van der Waals surface area contributed by atoms with Crippen LogP contribution in [0.25, 0.3) is 0 Å². The molecule has 114 valence electrons. The highest BCUT2D eigenvalue weighted by Crippen LogP contribution is 2.20. The summed E-state index contributed by atoms with van der Waals surface area (Å²) in [4.78, 5) is 22.9. The van der Waals surface area contributed by atoms with E-state index in [1.54, 1.807) is 42.5 Å². The fourth-order valence-corrected chi connectivity index (χ4v) is 2.12. The summed E-state index contributed by atoms with van der Waals surface area (Å²) in [6.07, 6.45) is 0. The largest absolute Gasteiger partial charge is 0.326 e.